The summed E-state index contributed by atoms with van der Waals surface area (Å²) >= 11 is 0. The Kier molecular flexibility index (Phi) is 11.5. The molecule has 3 rings (SSSR count). The van der Waals surface area contributed by atoms with Crippen molar-refractivity contribution in [1.29, 1.82) is 0 Å². The van der Waals surface area contributed by atoms with Gasteiger partial charge in [0, 0.05) is 38.6 Å². The summed E-state index contributed by atoms with van der Waals surface area (Å²) in [5.74, 6) is 1.19. The number of benzene rings is 1. The van der Waals surface area contributed by atoms with Crippen LogP contribution in [0, 0.1) is 11.7 Å². The van der Waals surface area contributed by atoms with Gasteiger partial charge in [0.2, 0.25) is 5.91 Å². The maximum atomic E-state index is 12.9. The van der Waals surface area contributed by atoms with Crippen LogP contribution in [0.2, 0.25) is 0 Å². The number of hydrogen-bond donors (Lipinski definition) is 2. The van der Waals surface area contributed by atoms with Crippen LogP contribution in [0.15, 0.2) is 29.3 Å². The quantitative estimate of drug-likeness (QED) is 0.298. The number of morpholine rings is 1. The fraction of sp³-hybridized carbons (Fsp3) is 0.636. The van der Waals surface area contributed by atoms with Crippen LogP contribution in [0.4, 0.5) is 4.39 Å². The Bertz CT molecular complexity index is 723. The zero-order valence-corrected chi connectivity index (χ0v) is 20.9. The molecule has 1 atom stereocenters. The molecular weight excluding hydrogens is 530 g/mol. The van der Waals surface area contributed by atoms with E-state index in [0.29, 0.717) is 38.6 Å². The largest absolute Gasteiger partial charge is 0.491 e. The summed E-state index contributed by atoms with van der Waals surface area (Å²) in [6, 6.07) is 5.68. The summed E-state index contributed by atoms with van der Waals surface area (Å²) in [6.45, 7) is 7.07. The minimum atomic E-state index is -0.779. The normalized spacial score (nSPS) is 18.7. The van der Waals surface area contributed by atoms with Gasteiger partial charge < -0.3 is 29.7 Å². The van der Waals surface area contributed by atoms with Gasteiger partial charge in [-0.25, -0.2) is 4.39 Å². The molecule has 0 aromatic heterocycles. The van der Waals surface area contributed by atoms with Gasteiger partial charge in [-0.3, -0.25) is 9.79 Å². The van der Waals surface area contributed by atoms with E-state index in [4.69, 9.17) is 9.47 Å². The molecule has 0 bridgehead atoms. The van der Waals surface area contributed by atoms with Crippen LogP contribution in [0.5, 0.6) is 5.75 Å². The number of aliphatic hydroxyl groups excluding tert-OH is 1. The average molecular weight is 564 g/mol. The van der Waals surface area contributed by atoms with E-state index in [1.54, 1.807) is 0 Å². The van der Waals surface area contributed by atoms with Crippen molar-refractivity contribution in [3.05, 3.63) is 30.1 Å². The van der Waals surface area contributed by atoms with Crippen LogP contribution in [-0.2, 0) is 9.53 Å². The van der Waals surface area contributed by atoms with Gasteiger partial charge in [-0.2, -0.15) is 0 Å². The van der Waals surface area contributed by atoms with Crippen LogP contribution < -0.4 is 10.1 Å². The maximum absolute atomic E-state index is 12.9. The molecule has 0 aliphatic carbocycles. The van der Waals surface area contributed by atoms with Gasteiger partial charge in [0.25, 0.3) is 0 Å². The number of nitrogens with one attached hydrogen (secondary N) is 1. The number of aliphatic hydroxyl groups is 1. The van der Waals surface area contributed by atoms with Crippen molar-refractivity contribution >= 4 is 35.8 Å². The smallest absolute Gasteiger partial charge is 0.225 e. The zero-order valence-electron chi connectivity index (χ0n) is 18.5. The Hall–Kier alpha value is -1.66. The van der Waals surface area contributed by atoms with Crippen molar-refractivity contribution in [3.8, 4) is 5.75 Å². The Labute approximate surface area is 206 Å². The Morgan fingerprint density at radius 1 is 1.22 bits per heavy atom. The molecule has 2 aliphatic rings. The Morgan fingerprint density at radius 3 is 2.50 bits per heavy atom. The molecular formula is C22H34FIN4O4. The second-order valence-corrected chi connectivity index (χ2v) is 7.81. The molecule has 2 N–H and O–H groups in total. The second-order valence-electron chi connectivity index (χ2n) is 7.81. The van der Waals surface area contributed by atoms with Crippen LogP contribution in [-0.4, -0.2) is 92.0 Å². The van der Waals surface area contributed by atoms with Crippen molar-refractivity contribution < 1.29 is 23.8 Å². The number of piperidine rings is 1. The van der Waals surface area contributed by atoms with Gasteiger partial charge in [-0.15, -0.1) is 24.0 Å². The molecule has 1 amide bonds. The molecule has 2 fully saturated rings. The molecule has 2 aliphatic heterocycles. The minimum Gasteiger partial charge on any atom is -0.491 e. The first-order valence-electron chi connectivity index (χ1n) is 11.0. The molecule has 2 heterocycles. The van der Waals surface area contributed by atoms with E-state index in [1.165, 1.54) is 24.3 Å². The molecule has 8 nitrogen and oxygen atoms in total. The van der Waals surface area contributed by atoms with Crippen molar-refractivity contribution in [2.24, 2.45) is 10.9 Å². The minimum absolute atomic E-state index is 0. The molecule has 1 unspecified atom stereocenters. The summed E-state index contributed by atoms with van der Waals surface area (Å²) in [7, 11) is 0. The first-order valence-corrected chi connectivity index (χ1v) is 11.0. The summed E-state index contributed by atoms with van der Waals surface area (Å²) in [6.07, 6.45) is 0.798. The number of rotatable bonds is 7. The predicted molar refractivity (Wildman–Crippen MR) is 131 cm³/mol. The van der Waals surface area contributed by atoms with Gasteiger partial charge in [-0.05, 0) is 44.0 Å². The topological polar surface area (TPSA) is 86.6 Å². The van der Waals surface area contributed by atoms with Crippen LogP contribution in [0.1, 0.15) is 19.8 Å². The first kappa shape index (κ1) is 26.6. The molecule has 0 saturated carbocycles. The van der Waals surface area contributed by atoms with Gasteiger partial charge in [0.1, 0.15) is 24.3 Å². The van der Waals surface area contributed by atoms with Crippen molar-refractivity contribution in [2.45, 2.75) is 25.9 Å². The fourth-order valence-electron chi connectivity index (χ4n) is 3.77. The highest BCUT2D eigenvalue weighted by Crippen LogP contribution is 2.20. The molecule has 32 heavy (non-hydrogen) atoms. The lowest BCUT2D eigenvalue weighted by molar-refractivity contribution is -0.140. The number of amides is 1. The van der Waals surface area contributed by atoms with Gasteiger partial charge >= 0.3 is 0 Å². The number of ether oxygens (including phenoxy) is 2. The predicted octanol–water partition coefficient (Wildman–Crippen LogP) is 1.72. The third-order valence-corrected chi connectivity index (χ3v) is 5.51. The third kappa shape index (κ3) is 8.04. The molecule has 1 aromatic rings. The maximum Gasteiger partial charge on any atom is 0.225 e. The van der Waals surface area contributed by atoms with E-state index in [0.717, 1.165) is 31.9 Å². The first-order chi connectivity index (χ1) is 15.1. The third-order valence-electron chi connectivity index (χ3n) is 5.51. The Morgan fingerprint density at radius 2 is 1.88 bits per heavy atom. The summed E-state index contributed by atoms with van der Waals surface area (Å²) in [4.78, 5) is 21.3. The van der Waals surface area contributed by atoms with Crippen LogP contribution in [0.3, 0.4) is 0 Å². The molecule has 0 spiro atoms. The number of hydrogen-bond acceptors (Lipinski definition) is 5. The second kappa shape index (κ2) is 13.8. The van der Waals surface area contributed by atoms with E-state index >= 15 is 0 Å². The van der Waals surface area contributed by atoms with Crippen LogP contribution in [0.25, 0.3) is 0 Å². The summed E-state index contributed by atoms with van der Waals surface area (Å²) in [5.41, 5.74) is 0. The number of carbonyl (C=O) groups is 1. The number of likely N-dealkylation sites (tertiary alicyclic amines) is 1. The number of carbonyl (C=O) groups excluding carboxylic acids is 1. The van der Waals surface area contributed by atoms with Gasteiger partial charge in [-0.1, -0.05) is 0 Å². The molecule has 10 heteroatoms. The van der Waals surface area contributed by atoms with E-state index in [9.17, 15) is 14.3 Å². The van der Waals surface area contributed by atoms with E-state index in [2.05, 4.69) is 15.2 Å². The van der Waals surface area contributed by atoms with Gasteiger partial charge in [0.15, 0.2) is 5.96 Å². The summed E-state index contributed by atoms with van der Waals surface area (Å²) in [5, 5.41) is 13.5. The number of halogens is 2. The number of nitrogens with zero attached hydrogens (tertiary/aromatic N) is 3. The van der Waals surface area contributed by atoms with Crippen LogP contribution >= 0.6 is 24.0 Å². The van der Waals surface area contributed by atoms with Crippen molar-refractivity contribution in [2.75, 3.05) is 59.1 Å². The zero-order chi connectivity index (χ0) is 22.1. The van der Waals surface area contributed by atoms with E-state index < -0.39 is 6.10 Å². The van der Waals surface area contributed by atoms with Crippen molar-refractivity contribution in [1.82, 2.24) is 15.1 Å². The highest BCUT2D eigenvalue weighted by molar-refractivity contribution is 14.0. The average Bonchev–Trinajstić information content (AvgIpc) is 2.81. The van der Waals surface area contributed by atoms with E-state index in [-0.39, 0.29) is 54.8 Å². The summed E-state index contributed by atoms with van der Waals surface area (Å²) < 4.78 is 23.8. The van der Waals surface area contributed by atoms with Crippen molar-refractivity contribution in [3.63, 3.8) is 0 Å². The van der Waals surface area contributed by atoms with E-state index in [1.807, 2.05) is 11.8 Å². The lowest BCUT2D eigenvalue weighted by Gasteiger charge is -2.36. The number of guanidine groups is 1. The highest BCUT2D eigenvalue weighted by Gasteiger charge is 2.30. The fourth-order valence-corrected chi connectivity index (χ4v) is 3.77. The Balaban J connectivity index is 0.00000363. The lowest BCUT2D eigenvalue weighted by atomic mass is 9.95. The highest BCUT2D eigenvalue weighted by atomic mass is 127. The number of aliphatic imine (C=N–C) groups is 1. The SMILES string of the molecule is CCNC(=NCC(O)COc1ccc(F)cc1)N1CCC(C(=O)N2CCOCC2)CC1.I. The molecule has 180 valence electrons. The molecule has 2 saturated heterocycles. The van der Waals surface area contributed by atoms with Gasteiger partial charge in [0.05, 0.1) is 19.8 Å². The molecule has 1 aromatic carbocycles. The molecule has 0 radical (unpaired) electrons. The standard InChI is InChI=1S/C22H33FN4O4.HI/c1-2-24-22(25-15-19(28)16-31-20-5-3-18(23)4-6-20)27-9-7-17(8-10-27)21(29)26-11-13-30-14-12-26;/h3-6,17,19,28H,2,7-16H2,1H3,(H,24,25);1H. The lowest BCUT2D eigenvalue weighted by Crippen LogP contribution is -2.50. The monoisotopic (exact) mass is 564 g/mol.